The Morgan fingerprint density at radius 2 is 1.95 bits per heavy atom. The predicted molar refractivity (Wildman–Crippen MR) is 87.6 cm³/mol. The molecule has 0 saturated carbocycles. The van der Waals surface area contributed by atoms with Crippen LogP contribution in [-0.2, 0) is 6.54 Å². The van der Waals surface area contributed by atoms with Gasteiger partial charge in [-0.2, -0.15) is 0 Å². The quantitative estimate of drug-likeness (QED) is 0.759. The number of rotatable bonds is 8. The van der Waals surface area contributed by atoms with Crippen molar-refractivity contribution in [2.24, 2.45) is 5.92 Å². The molecule has 1 N–H and O–H groups in total. The zero-order chi connectivity index (χ0) is 15.1. The normalized spacial score (nSPS) is 12.6. The van der Waals surface area contributed by atoms with Crippen LogP contribution in [0.3, 0.4) is 0 Å². The molecule has 0 spiro atoms. The summed E-state index contributed by atoms with van der Waals surface area (Å²) < 4.78 is 11.9. The Morgan fingerprint density at radius 3 is 2.50 bits per heavy atom. The molecule has 1 aromatic rings. The highest BCUT2D eigenvalue weighted by atomic mass is 79.9. The van der Waals surface area contributed by atoms with E-state index in [-0.39, 0.29) is 0 Å². The summed E-state index contributed by atoms with van der Waals surface area (Å²) in [7, 11) is 1.67. The van der Waals surface area contributed by atoms with Gasteiger partial charge in [-0.25, -0.2) is 0 Å². The maximum Gasteiger partial charge on any atom is 0.175 e. The van der Waals surface area contributed by atoms with Crippen LogP contribution in [0.1, 0.15) is 39.7 Å². The van der Waals surface area contributed by atoms with Crippen molar-refractivity contribution in [3.8, 4) is 11.5 Å². The molecule has 1 rings (SSSR count). The summed E-state index contributed by atoms with van der Waals surface area (Å²) in [5, 5.41) is 3.54. The van der Waals surface area contributed by atoms with E-state index >= 15 is 0 Å². The monoisotopic (exact) mass is 343 g/mol. The van der Waals surface area contributed by atoms with Crippen LogP contribution in [0.25, 0.3) is 0 Å². The molecule has 20 heavy (non-hydrogen) atoms. The smallest absolute Gasteiger partial charge is 0.175 e. The van der Waals surface area contributed by atoms with Gasteiger partial charge in [0.2, 0.25) is 0 Å². The maximum absolute atomic E-state index is 5.60. The first-order valence-corrected chi connectivity index (χ1v) is 7.99. The van der Waals surface area contributed by atoms with Crippen LogP contribution in [0.5, 0.6) is 11.5 Å². The van der Waals surface area contributed by atoms with Crippen LogP contribution >= 0.6 is 15.9 Å². The van der Waals surface area contributed by atoms with Crippen molar-refractivity contribution in [2.75, 3.05) is 13.7 Å². The van der Waals surface area contributed by atoms with Crippen LogP contribution in [0.2, 0.25) is 0 Å². The van der Waals surface area contributed by atoms with Crippen molar-refractivity contribution in [1.82, 2.24) is 5.32 Å². The lowest BCUT2D eigenvalue weighted by molar-refractivity contribution is 0.308. The Morgan fingerprint density at radius 1 is 1.25 bits per heavy atom. The molecule has 0 fully saturated rings. The number of nitrogens with one attached hydrogen (secondary N) is 1. The van der Waals surface area contributed by atoms with Gasteiger partial charge in [0.15, 0.2) is 11.5 Å². The van der Waals surface area contributed by atoms with Gasteiger partial charge in [-0.1, -0.05) is 13.8 Å². The first kappa shape index (κ1) is 17.3. The summed E-state index contributed by atoms with van der Waals surface area (Å²) in [5.74, 6) is 2.25. The largest absolute Gasteiger partial charge is 0.493 e. The minimum absolute atomic E-state index is 0.506. The van der Waals surface area contributed by atoms with Gasteiger partial charge in [-0.05, 0) is 59.8 Å². The van der Waals surface area contributed by atoms with Crippen molar-refractivity contribution in [3.63, 3.8) is 0 Å². The molecule has 1 unspecified atom stereocenters. The molecule has 0 amide bonds. The molecule has 1 atom stereocenters. The highest BCUT2D eigenvalue weighted by Crippen LogP contribution is 2.36. The molecule has 114 valence electrons. The molecule has 0 saturated heterocycles. The van der Waals surface area contributed by atoms with E-state index in [2.05, 4.69) is 48.1 Å². The van der Waals surface area contributed by atoms with E-state index < -0.39 is 0 Å². The first-order chi connectivity index (χ1) is 9.47. The van der Waals surface area contributed by atoms with E-state index in [0.717, 1.165) is 22.5 Å². The molecule has 0 heterocycles. The summed E-state index contributed by atoms with van der Waals surface area (Å²) in [5.41, 5.74) is 1.19. The number of methoxy groups -OCH3 is 1. The molecule has 4 heteroatoms. The highest BCUT2D eigenvalue weighted by molar-refractivity contribution is 9.10. The summed E-state index contributed by atoms with van der Waals surface area (Å²) >= 11 is 3.55. The fraction of sp³-hybridized carbons (Fsp3) is 0.625. The molecular formula is C16H26BrNO2. The second-order valence-electron chi connectivity index (χ2n) is 5.45. The zero-order valence-corrected chi connectivity index (χ0v) is 14.7. The van der Waals surface area contributed by atoms with E-state index in [9.17, 15) is 0 Å². The van der Waals surface area contributed by atoms with Crippen LogP contribution in [0, 0.1) is 5.92 Å². The number of halogens is 1. The van der Waals surface area contributed by atoms with Gasteiger partial charge in [0.05, 0.1) is 18.2 Å². The third-order valence-electron chi connectivity index (χ3n) is 3.06. The summed E-state index contributed by atoms with van der Waals surface area (Å²) in [6, 6.07) is 4.62. The summed E-state index contributed by atoms with van der Waals surface area (Å²) in [4.78, 5) is 0. The minimum atomic E-state index is 0.506. The van der Waals surface area contributed by atoms with Crippen molar-refractivity contribution in [1.29, 1.82) is 0 Å². The number of hydrogen-bond acceptors (Lipinski definition) is 3. The fourth-order valence-corrected chi connectivity index (χ4v) is 2.85. The summed E-state index contributed by atoms with van der Waals surface area (Å²) in [6.07, 6.45) is 1.18. The van der Waals surface area contributed by atoms with Crippen molar-refractivity contribution in [3.05, 3.63) is 22.2 Å². The van der Waals surface area contributed by atoms with Crippen LogP contribution in [0.4, 0.5) is 0 Å². The molecule has 0 bridgehead atoms. The molecule has 0 aliphatic rings. The molecule has 1 aromatic carbocycles. The van der Waals surface area contributed by atoms with Gasteiger partial charge in [-0.15, -0.1) is 0 Å². The Balaban J connectivity index is 2.74. The SMILES string of the molecule is CCOc1c(Br)cc(CNC(C)CC(C)C)cc1OC. The standard InChI is InChI=1S/C16H26BrNO2/c1-6-20-16-14(17)8-13(9-15(16)19-5)10-18-12(4)7-11(2)3/h8-9,11-12,18H,6-7,10H2,1-5H3. The predicted octanol–water partition coefficient (Wildman–Crippen LogP) is 4.38. The average molecular weight is 344 g/mol. The van der Waals surface area contributed by atoms with Gasteiger partial charge in [-0.3, -0.25) is 0 Å². The van der Waals surface area contributed by atoms with E-state index in [1.54, 1.807) is 7.11 Å². The molecule has 3 nitrogen and oxygen atoms in total. The lowest BCUT2D eigenvalue weighted by Gasteiger charge is -2.17. The Labute approximate surface area is 131 Å². The van der Waals surface area contributed by atoms with Gasteiger partial charge in [0.1, 0.15) is 0 Å². The maximum atomic E-state index is 5.60. The van der Waals surface area contributed by atoms with E-state index in [0.29, 0.717) is 18.6 Å². The molecule has 0 aliphatic carbocycles. The lowest BCUT2D eigenvalue weighted by Crippen LogP contribution is -2.26. The first-order valence-electron chi connectivity index (χ1n) is 7.20. The van der Waals surface area contributed by atoms with Crippen LogP contribution in [-0.4, -0.2) is 19.8 Å². The molecule has 0 aliphatic heterocycles. The third kappa shape index (κ3) is 5.33. The van der Waals surface area contributed by atoms with Gasteiger partial charge >= 0.3 is 0 Å². The second kappa shape index (κ2) is 8.53. The molecular weight excluding hydrogens is 318 g/mol. The van der Waals surface area contributed by atoms with Gasteiger partial charge < -0.3 is 14.8 Å². The van der Waals surface area contributed by atoms with Crippen LogP contribution in [0.15, 0.2) is 16.6 Å². The Hall–Kier alpha value is -0.740. The second-order valence-corrected chi connectivity index (χ2v) is 6.31. The number of ether oxygens (including phenoxy) is 2. The lowest BCUT2D eigenvalue weighted by atomic mass is 10.0. The number of benzene rings is 1. The van der Waals surface area contributed by atoms with E-state index in [1.807, 2.05) is 13.0 Å². The van der Waals surface area contributed by atoms with Crippen molar-refractivity contribution < 1.29 is 9.47 Å². The Bertz CT molecular complexity index is 421. The van der Waals surface area contributed by atoms with E-state index in [4.69, 9.17) is 9.47 Å². The molecule has 0 aromatic heterocycles. The number of hydrogen-bond donors (Lipinski definition) is 1. The van der Waals surface area contributed by atoms with Gasteiger partial charge in [0.25, 0.3) is 0 Å². The minimum Gasteiger partial charge on any atom is -0.493 e. The van der Waals surface area contributed by atoms with Crippen molar-refractivity contribution >= 4 is 15.9 Å². The highest BCUT2D eigenvalue weighted by Gasteiger charge is 2.12. The van der Waals surface area contributed by atoms with Crippen molar-refractivity contribution in [2.45, 2.75) is 46.7 Å². The average Bonchev–Trinajstić information content (AvgIpc) is 2.38. The van der Waals surface area contributed by atoms with Gasteiger partial charge in [0, 0.05) is 12.6 Å². The molecule has 0 radical (unpaired) electrons. The fourth-order valence-electron chi connectivity index (χ4n) is 2.24. The topological polar surface area (TPSA) is 30.5 Å². The third-order valence-corrected chi connectivity index (χ3v) is 3.65. The van der Waals surface area contributed by atoms with Crippen LogP contribution < -0.4 is 14.8 Å². The summed E-state index contributed by atoms with van der Waals surface area (Å²) in [6.45, 7) is 10.1. The van der Waals surface area contributed by atoms with E-state index in [1.165, 1.54) is 12.0 Å². The Kier molecular flexibility index (Phi) is 7.38. The zero-order valence-electron chi connectivity index (χ0n) is 13.1.